The van der Waals surface area contributed by atoms with E-state index >= 15 is 0 Å². The fraction of sp³-hybridized carbons (Fsp3) is 0.0625. The second-order valence-electron chi connectivity index (χ2n) is 5.26. The Hall–Kier alpha value is -2.74. The fourth-order valence-electron chi connectivity index (χ4n) is 2.55. The molecule has 126 valence electrons. The molecule has 0 aliphatic rings. The highest BCUT2D eigenvalue weighted by Gasteiger charge is 2.34. The van der Waals surface area contributed by atoms with Gasteiger partial charge in [0, 0.05) is 10.9 Å². The number of rotatable bonds is 1. The molecule has 25 heavy (non-hydrogen) atoms. The SMILES string of the molecule is Fc1ccc(-c2nc3c4cccc(C(F)(F)F)c4nc(Cl)n3n2)cc1. The average molecular weight is 367 g/mol. The standard InChI is InChI=1S/C16H7ClF4N4/c17-15-22-12-10(2-1-3-11(12)16(19,20)21)14-23-13(24-25(14)15)8-4-6-9(18)7-5-8/h1-7H. The summed E-state index contributed by atoms with van der Waals surface area (Å²) in [7, 11) is 0. The van der Waals surface area contributed by atoms with Gasteiger partial charge in [-0.15, -0.1) is 5.10 Å². The van der Waals surface area contributed by atoms with Crippen molar-refractivity contribution in [3.05, 3.63) is 59.1 Å². The number of fused-ring (bicyclic) bond motifs is 3. The summed E-state index contributed by atoms with van der Waals surface area (Å²) in [5.41, 5.74) is -0.562. The van der Waals surface area contributed by atoms with E-state index in [1.807, 2.05) is 0 Å². The molecule has 4 nitrogen and oxygen atoms in total. The van der Waals surface area contributed by atoms with E-state index in [4.69, 9.17) is 11.6 Å². The van der Waals surface area contributed by atoms with Crippen LogP contribution in [0.15, 0.2) is 42.5 Å². The van der Waals surface area contributed by atoms with Crippen LogP contribution in [0.25, 0.3) is 27.9 Å². The third-order valence-corrected chi connectivity index (χ3v) is 3.92. The Bertz CT molecular complexity index is 1100. The zero-order valence-corrected chi connectivity index (χ0v) is 13.0. The Morgan fingerprint density at radius 2 is 1.68 bits per heavy atom. The van der Waals surface area contributed by atoms with E-state index in [0.717, 1.165) is 10.6 Å². The van der Waals surface area contributed by atoms with Gasteiger partial charge in [-0.3, -0.25) is 0 Å². The van der Waals surface area contributed by atoms with Crippen LogP contribution in [0.4, 0.5) is 17.6 Å². The highest BCUT2D eigenvalue weighted by Crippen LogP contribution is 2.35. The van der Waals surface area contributed by atoms with Crippen molar-refractivity contribution < 1.29 is 17.6 Å². The molecule has 0 aliphatic carbocycles. The van der Waals surface area contributed by atoms with Crippen LogP contribution in [0, 0.1) is 5.82 Å². The third-order valence-electron chi connectivity index (χ3n) is 3.67. The van der Waals surface area contributed by atoms with Crippen molar-refractivity contribution in [1.29, 1.82) is 0 Å². The van der Waals surface area contributed by atoms with Gasteiger partial charge >= 0.3 is 6.18 Å². The van der Waals surface area contributed by atoms with Gasteiger partial charge in [-0.1, -0.05) is 6.07 Å². The molecule has 0 bridgehead atoms. The molecule has 0 saturated heterocycles. The quantitative estimate of drug-likeness (QED) is 0.360. The summed E-state index contributed by atoms with van der Waals surface area (Å²) in [6.07, 6.45) is -4.58. The normalized spacial score (nSPS) is 12.2. The summed E-state index contributed by atoms with van der Waals surface area (Å²) in [6.45, 7) is 0. The fourth-order valence-corrected chi connectivity index (χ4v) is 2.75. The van der Waals surface area contributed by atoms with E-state index in [9.17, 15) is 17.6 Å². The molecule has 9 heteroatoms. The lowest BCUT2D eigenvalue weighted by Crippen LogP contribution is -2.07. The van der Waals surface area contributed by atoms with Gasteiger partial charge in [0.25, 0.3) is 0 Å². The molecule has 4 rings (SSSR count). The van der Waals surface area contributed by atoms with Crippen molar-refractivity contribution in [2.24, 2.45) is 0 Å². The molecule has 0 saturated carbocycles. The van der Waals surface area contributed by atoms with E-state index in [2.05, 4.69) is 15.1 Å². The first kappa shape index (κ1) is 15.8. The van der Waals surface area contributed by atoms with Crippen LogP contribution in [-0.2, 0) is 6.18 Å². The largest absolute Gasteiger partial charge is 0.418 e. The van der Waals surface area contributed by atoms with E-state index in [1.165, 1.54) is 36.4 Å². The number of aromatic nitrogens is 4. The predicted octanol–water partition coefficient (Wildman–Crippen LogP) is 4.76. The number of benzene rings is 2. The van der Waals surface area contributed by atoms with Crippen LogP contribution in [0.1, 0.15) is 5.56 Å². The first-order chi connectivity index (χ1) is 11.8. The van der Waals surface area contributed by atoms with Crippen LogP contribution < -0.4 is 0 Å². The van der Waals surface area contributed by atoms with Gasteiger partial charge in [-0.25, -0.2) is 14.4 Å². The van der Waals surface area contributed by atoms with Crippen LogP contribution in [0.2, 0.25) is 5.28 Å². The summed E-state index contributed by atoms with van der Waals surface area (Å²) in [5, 5.41) is 4.08. The Morgan fingerprint density at radius 3 is 2.36 bits per heavy atom. The van der Waals surface area contributed by atoms with Crippen LogP contribution in [0.3, 0.4) is 0 Å². The number of para-hydroxylation sites is 1. The molecule has 0 aliphatic heterocycles. The Labute approximate surface area is 142 Å². The lowest BCUT2D eigenvalue weighted by Gasteiger charge is -2.10. The summed E-state index contributed by atoms with van der Waals surface area (Å²) >= 11 is 6.01. The number of halogens is 5. The lowest BCUT2D eigenvalue weighted by molar-refractivity contribution is -0.136. The lowest BCUT2D eigenvalue weighted by atomic mass is 10.1. The van der Waals surface area contributed by atoms with Crippen molar-refractivity contribution in [1.82, 2.24) is 19.6 Å². The van der Waals surface area contributed by atoms with E-state index in [0.29, 0.717) is 5.56 Å². The second kappa shape index (κ2) is 5.38. The molecule has 0 atom stereocenters. The predicted molar refractivity (Wildman–Crippen MR) is 83.7 cm³/mol. The molecule has 0 radical (unpaired) electrons. The number of hydrogen-bond acceptors (Lipinski definition) is 3. The first-order valence-electron chi connectivity index (χ1n) is 7.03. The molecule has 0 N–H and O–H groups in total. The summed E-state index contributed by atoms with van der Waals surface area (Å²) < 4.78 is 53.8. The number of nitrogens with zero attached hydrogens (tertiary/aromatic N) is 4. The smallest absolute Gasteiger partial charge is 0.217 e. The van der Waals surface area contributed by atoms with Gasteiger partial charge in [0.2, 0.25) is 5.28 Å². The number of alkyl halides is 3. The Kier molecular flexibility index (Phi) is 3.40. The summed E-state index contributed by atoms with van der Waals surface area (Å²) in [6, 6.07) is 9.07. The summed E-state index contributed by atoms with van der Waals surface area (Å²) in [4.78, 5) is 8.10. The van der Waals surface area contributed by atoms with Crippen LogP contribution >= 0.6 is 11.6 Å². The first-order valence-corrected chi connectivity index (χ1v) is 7.40. The summed E-state index contributed by atoms with van der Waals surface area (Å²) in [5.74, 6) is -0.221. The molecule has 2 heterocycles. The van der Waals surface area contributed by atoms with Gasteiger partial charge in [-0.2, -0.15) is 17.7 Å². The van der Waals surface area contributed by atoms with Gasteiger partial charge in [0.1, 0.15) is 5.82 Å². The van der Waals surface area contributed by atoms with Crippen molar-refractivity contribution >= 4 is 28.2 Å². The molecule has 0 amide bonds. The maximum atomic E-state index is 13.2. The van der Waals surface area contributed by atoms with E-state index in [-0.39, 0.29) is 27.7 Å². The topological polar surface area (TPSA) is 43.1 Å². The maximum Gasteiger partial charge on any atom is 0.418 e. The van der Waals surface area contributed by atoms with Gasteiger partial charge in [0.15, 0.2) is 11.5 Å². The van der Waals surface area contributed by atoms with Crippen molar-refractivity contribution in [3.8, 4) is 11.4 Å². The molecule has 0 spiro atoms. The molecule has 0 fully saturated rings. The van der Waals surface area contributed by atoms with E-state index in [1.54, 1.807) is 0 Å². The third kappa shape index (κ3) is 2.58. The Balaban J connectivity index is 2.03. The van der Waals surface area contributed by atoms with Crippen LogP contribution in [-0.4, -0.2) is 19.6 Å². The van der Waals surface area contributed by atoms with Gasteiger partial charge in [0.05, 0.1) is 11.1 Å². The minimum absolute atomic E-state index is 0.139. The minimum atomic E-state index is -4.58. The molecular formula is C16H7ClF4N4. The zero-order valence-electron chi connectivity index (χ0n) is 12.2. The zero-order chi connectivity index (χ0) is 17.8. The highest BCUT2D eigenvalue weighted by atomic mass is 35.5. The maximum absolute atomic E-state index is 13.2. The molecule has 4 aromatic rings. The average Bonchev–Trinajstić information content (AvgIpc) is 3.00. The molecule has 0 unspecified atom stereocenters. The molecule has 2 aromatic heterocycles. The Morgan fingerprint density at radius 1 is 0.960 bits per heavy atom. The molecular weight excluding hydrogens is 360 g/mol. The number of hydrogen-bond donors (Lipinski definition) is 0. The van der Waals surface area contributed by atoms with Crippen LogP contribution in [0.5, 0.6) is 0 Å². The van der Waals surface area contributed by atoms with Crippen molar-refractivity contribution in [2.45, 2.75) is 6.18 Å². The van der Waals surface area contributed by atoms with Crippen molar-refractivity contribution in [2.75, 3.05) is 0 Å². The van der Waals surface area contributed by atoms with Gasteiger partial charge < -0.3 is 0 Å². The highest BCUT2D eigenvalue weighted by molar-refractivity contribution is 6.29. The van der Waals surface area contributed by atoms with Crippen molar-refractivity contribution in [3.63, 3.8) is 0 Å². The van der Waals surface area contributed by atoms with E-state index < -0.39 is 17.6 Å². The monoisotopic (exact) mass is 366 g/mol. The molecule has 2 aromatic carbocycles. The minimum Gasteiger partial charge on any atom is -0.217 e. The van der Waals surface area contributed by atoms with Gasteiger partial charge in [-0.05, 0) is 48.0 Å². The second-order valence-corrected chi connectivity index (χ2v) is 5.60.